The second-order valence-electron chi connectivity index (χ2n) is 8.19. The summed E-state index contributed by atoms with van der Waals surface area (Å²) < 4.78 is 0. The highest BCUT2D eigenvalue weighted by atomic mass is 16.3. The molecule has 1 aromatic rings. The van der Waals surface area contributed by atoms with Gasteiger partial charge in [-0.2, -0.15) is 0 Å². The molecule has 2 rings (SSSR count). The van der Waals surface area contributed by atoms with Crippen LogP contribution in [0.1, 0.15) is 56.5 Å². The molecule has 0 bridgehead atoms. The molecule has 4 nitrogen and oxygen atoms in total. The van der Waals surface area contributed by atoms with Crippen LogP contribution in [-0.2, 0) is 6.61 Å². The molecule has 1 aliphatic heterocycles. The summed E-state index contributed by atoms with van der Waals surface area (Å²) in [5.41, 5.74) is 1.74. The van der Waals surface area contributed by atoms with Gasteiger partial charge in [-0.15, -0.1) is 0 Å². The van der Waals surface area contributed by atoms with Gasteiger partial charge in [0.2, 0.25) is 0 Å². The Morgan fingerprint density at radius 3 is 2.75 bits per heavy atom. The largest absolute Gasteiger partial charge is 0.392 e. The van der Waals surface area contributed by atoms with Crippen molar-refractivity contribution in [3.05, 3.63) is 35.4 Å². The molecule has 1 amide bonds. The molecule has 134 valence electrons. The number of amides is 1. The molecule has 0 aliphatic carbocycles. The first-order valence-electron chi connectivity index (χ1n) is 9.04. The SMILES string of the molecule is CC(C)[C@H](CN1CCCC(C)(C)C1)NC(=O)c1cccc(CO)c1. The average molecular weight is 332 g/mol. The molecule has 0 saturated carbocycles. The number of aliphatic hydroxyl groups is 1. The Hall–Kier alpha value is -1.39. The van der Waals surface area contributed by atoms with E-state index in [2.05, 4.69) is 37.9 Å². The zero-order valence-electron chi connectivity index (χ0n) is 15.5. The van der Waals surface area contributed by atoms with Crippen LogP contribution in [0.3, 0.4) is 0 Å². The van der Waals surface area contributed by atoms with Crippen LogP contribution in [0.4, 0.5) is 0 Å². The highest BCUT2D eigenvalue weighted by Gasteiger charge is 2.29. The Kier molecular flexibility index (Phi) is 6.41. The summed E-state index contributed by atoms with van der Waals surface area (Å²) >= 11 is 0. The Labute approximate surface area is 146 Å². The van der Waals surface area contributed by atoms with E-state index >= 15 is 0 Å². The van der Waals surface area contributed by atoms with E-state index in [1.165, 1.54) is 12.8 Å². The number of nitrogens with one attached hydrogen (secondary N) is 1. The van der Waals surface area contributed by atoms with E-state index in [-0.39, 0.29) is 18.6 Å². The van der Waals surface area contributed by atoms with E-state index in [0.29, 0.717) is 16.9 Å². The first-order valence-corrected chi connectivity index (χ1v) is 9.04. The molecule has 1 heterocycles. The van der Waals surface area contributed by atoms with Crippen LogP contribution in [0.2, 0.25) is 0 Å². The van der Waals surface area contributed by atoms with E-state index < -0.39 is 0 Å². The number of rotatable bonds is 6. The summed E-state index contributed by atoms with van der Waals surface area (Å²) in [7, 11) is 0. The maximum atomic E-state index is 12.6. The quantitative estimate of drug-likeness (QED) is 0.842. The predicted octanol–water partition coefficient (Wildman–Crippen LogP) is 3.06. The van der Waals surface area contributed by atoms with Crippen LogP contribution in [0, 0.1) is 11.3 Å². The van der Waals surface area contributed by atoms with Gasteiger partial charge < -0.3 is 15.3 Å². The highest BCUT2D eigenvalue weighted by molar-refractivity contribution is 5.94. The fourth-order valence-corrected chi connectivity index (χ4v) is 3.46. The molecule has 1 fully saturated rings. The van der Waals surface area contributed by atoms with Crippen molar-refractivity contribution >= 4 is 5.91 Å². The summed E-state index contributed by atoms with van der Waals surface area (Å²) in [6.45, 7) is 12.0. The molecule has 1 aromatic carbocycles. The highest BCUT2D eigenvalue weighted by Crippen LogP contribution is 2.28. The second kappa shape index (κ2) is 8.13. The lowest BCUT2D eigenvalue weighted by atomic mass is 9.84. The third-order valence-electron chi connectivity index (χ3n) is 4.93. The number of benzene rings is 1. The molecule has 0 unspecified atom stereocenters. The predicted molar refractivity (Wildman–Crippen MR) is 97.9 cm³/mol. The molecule has 0 spiro atoms. The zero-order valence-corrected chi connectivity index (χ0v) is 15.5. The van der Waals surface area contributed by atoms with Crippen molar-refractivity contribution in [2.24, 2.45) is 11.3 Å². The minimum Gasteiger partial charge on any atom is -0.392 e. The molecule has 1 atom stereocenters. The summed E-state index contributed by atoms with van der Waals surface area (Å²) in [5, 5.41) is 12.4. The first-order chi connectivity index (χ1) is 11.3. The number of carbonyl (C=O) groups excluding carboxylic acids is 1. The Morgan fingerprint density at radius 1 is 1.38 bits per heavy atom. The zero-order chi connectivity index (χ0) is 17.7. The molecule has 4 heteroatoms. The van der Waals surface area contributed by atoms with Gasteiger partial charge in [0.25, 0.3) is 5.91 Å². The van der Waals surface area contributed by atoms with Crippen LogP contribution in [0.5, 0.6) is 0 Å². The van der Waals surface area contributed by atoms with Crippen LogP contribution in [0.25, 0.3) is 0 Å². The lowest BCUT2D eigenvalue weighted by Gasteiger charge is -2.40. The normalized spacial score (nSPS) is 19.2. The fourth-order valence-electron chi connectivity index (χ4n) is 3.46. The van der Waals surface area contributed by atoms with Gasteiger partial charge in [0.05, 0.1) is 6.61 Å². The van der Waals surface area contributed by atoms with Crippen LogP contribution in [-0.4, -0.2) is 41.6 Å². The van der Waals surface area contributed by atoms with Gasteiger partial charge in [-0.25, -0.2) is 0 Å². The van der Waals surface area contributed by atoms with E-state index in [1.807, 2.05) is 12.1 Å². The van der Waals surface area contributed by atoms with Crippen molar-refractivity contribution in [1.82, 2.24) is 10.2 Å². The van der Waals surface area contributed by atoms with E-state index in [9.17, 15) is 9.90 Å². The van der Waals surface area contributed by atoms with E-state index in [0.717, 1.165) is 25.2 Å². The smallest absolute Gasteiger partial charge is 0.251 e. The fraction of sp³-hybridized carbons (Fsp3) is 0.650. The second-order valence-corrected chi connectivity index (χ2v) is 8.19. The summed E-state index contributed by atoms with van der Waals surface area (Å²) in [6.07, 6.45) is 2.50. The number of aliphatic hydroxyl groups excluding tert-OH is 1. The molecule has 0 aromatic heterocycles. The molecule has 1 aliphatic rings. The van der Waals surface area contributed by atoms with Crippen LogP contribution < -0.4 is 5.32 Å². The third-order valence-corrected chi connectivity index (χ3v) is 4.93. The van der Waals surface area contributed by atoms with Crippen molar-refractivity contribution < 1.29 is 9.90 Å². The Balaban J connectivity index is 2.01. The molecular formula is C20H32N2O2. The Morgan fingerprint density at radius 2 is 2.12 bits per heavy atom. The van der Waals surface area contributed by atoms with Crippen LogP contribution in [0.15, 0.2) is 24.3 Å². The van der Waals surface area contributed by atoms with Gasteiger partial charge in [0.15, 0.2) is 0 Å². The van der Waals surface area contributed by atoms with Crippen molar-refractivity contribution in [2.45, 2.75) is 53.2 Å². The maximum Gasteiger partial charge on any atom is 0.251 e. The molecular weight excluding hydrogens is 300 g/mol. The van der Waals surface area contributed by atoms with Crippen molar-refractivity contribution in [3.8, 4) is 0 Å². The summed E-state index contributed by atoms with van der Waals surface area (Å²) in [4.78, 5) is 15.1. The Bertz CT molecular complexity index is 554. The number of hydrogen-bond acceptors (Lipinski definition) is 3. The molecule has 24 heavy (non-hydrogen) atoms. The number of piperidine rings is 1. The molecule has 0 radical (unpaired) electrons. The third kappa shape index (κ3) is 5.32. The summed E-state index contributed by atoms with van der Waals surface area (Å²) in [6, 6.07) is 7.33. The lowest BCUT2D eigenvalue weighted by Crippen LogP contribution is -2.50. The monoisotopic (exact) mass is 332 g/mol. The van der Waals surface area contributed by atoms with Gasteiger partial charge in [-0.05, 0) is 48.4 Å². The summed E-state index contributed by atoms with van der Waals surface area (Å²) in [5.74, 6) is 0.320. The minimum absolute atomic E-state index is 0.0441. The van der Waals surface area contributed by atoms with Gasteiger partial charge in [0, 0.05) is 24.7 Å². The molecule has 2 N–H and O–H groups in total. The molecule has 1 saturated heterocycles. The van der Waals surface area contributed by atoms with E-state index in [4.69, 9.17) is 0 Å². The first kappa shape index (κ1) is 18.9. The lowest BCUT2D eigenvalue weighted by molar-refractivity contribution is 0.0831. The maximum absolute atomic E-state index is 12.6. The van der Waals surface area contributed by atoms with Gasteiger partial charge in [-0.1, -0.05) is 39.8 Å². The van der Waals surface area contributed by atoms with E-state index in [1.54, 1.807) is 12.1 Å². The number of hydrogen-bond donors (Lipinski definition) is 2. The number of carbonyl (C=O) groups is 1. The average Bonchev–Trinajstić information content (AvgIpc) is 2.53. The van der Waals surface area contributed by atoms with Gasteiger partial charge in [-0.3, -0.25) is 4.79 Å². The standard InChI is InChI=1S/C20H32N2O2/c1-15(2)18(12-22-10-6-9-20(3,4)14-22)21-19(24)17-8-5-7-16(11-17)13-23/h5,7-8,11,15,18,23H,6,9-10,12-14H2,1-4H3,(H,21,24)/t18-/m0/s1. The van der Waals surface area contributed by atoms with Gasteiger partial charge in [0.1, 0.15) is 0 Å². The van der Waals surface area contributed by atoms with Crippen molar-refractivity contribution in [1.29, 1.82) is 0 Å². The van der Waals surface area contributed by atoms with Crippen molar-refractivity contribution in [2.75, 3.05) is 19.6 Å². The van der Waals surface area contributed by atoms with Crippen molar-refractivity contribution in [3.63, 3.8) is 0 Å². The minimum atomic E-state index is -0.0553. The van der Waals surface area contributed by atoms with Crippen LogP contribution >= 0.6 is 0 Å². The number of nitrogens with zero attached hydrogens (tertiary/aromatic N) is 1. The number of likely N-dealkylation sites (tertiary alicyclic amines) is 1. The topological polar surface area (TPSA) is 52.6 Å². The van der Waals surface area contributed by atoms with Gasteiger partial charge >= 0.3 is 0 Å².